The number of aromatic nitrogens is 2. The summed E-state index contributed by atoms with van der Waals surface area (Å²) in [6.07, 6.45) is 8.10. The molecule has 0 aliphatic heterocycles. The van der Waals surface area contributed by atoms with Crippen LogP contribution in [0.1, 0.15) is 50.8 Å². The van der Waals surface area contributed by atoms with Crippen LogP contribution in [-0.4, -0.2) is 9.97 Å². The van der Waals surface area contributed by atoms with E-state index < -0.39 is 0 Å². The van der Waals surface area contributed by atoms with Crippen LogP contribution in [-0.2, 0) is 0 Å². The number of hydrogen-bond acceptors (Lipinski definition) is 2. The molecule has 1 fully saturated rings. The van der Waals surface area contributed by atoms with Crippen molar-refractivity contribution in [3.8, 4) is 0 Å². The maximum atomic E-state index is 6.01. The molecule has 2 unspecified atom stereocenters. The highest BCUT2D eigenvalue weighted by Crippen LogP contribution is 2.36. The van der Waals surface area contributed by atoms with Crippen LogP contribution in [0.2, 0.25) is 5.15 Å². The Morgan fingerprint density at radius 1 is 1.50 bits per heavy atom. The lowest BCUT2D eigenvalue weighted by molar-refractivity contribution is 0.307. The molecule has 0 amide bonds. The van der Waals surface area contributed by atoms with E-state index in [4.69, 9.17) is 11.6 Å². The quantitative estimate of drug-likeness (QED) is 0.748. The molecule has 0 bridgehead atoms. The maximum Gasteiger partial charge on any atom is 0.146 e. The van der Waals surface area contributed by atoms with Crippen LogP contribution in [0.3, 0.4) is 0 Å². The summed E-state index contributed by atoms with van der Waals surface area (Å²) in [5.41, 5.74) is 0. The second-order valence-corrected chi connectivity index (χ2v) is 5.72. The number of hydrogen-bond donors (Lipinski definition) is 0. The summed E-state index contributed by atoms with van der Waals surface area (Å²) in [5, 5.41) is 0.531. The molecule has 0 saturated heterocycles. The fourth-order valence-electron chi connectivity index (χ4n) is 2.45. The van der Waals surface area contributed by atoms with Gasteiger partial charge in [-0.2, -0.15) is 0 Å². The minimum Gasteiger partial charge on any atom is -0.240 e. The third-order valence-corrected chi connectivity index (χ3v) is 4.54. The molecule has 1 aliphatic carbocycles. The second kappa shape index (κ2) is 5.46. The minimum absolute atomic E-state index is 0.504. The summed E-state index contributed by atoms with van der Waals surface area (Å²) >= 11 is 9.33. The Balaban J connectivity index is 2.13. The molecule has 2 nitrogen and oxygen atoms in total. The average molecular weight is 304 g/mol. The van der Waals surface area contributed by atoms with Crippen LogP contribution >= 0.6 is 27.5 Å². The lowest BCUT2D eigenvalue weighted by atomic mass is 9.80. The van der Waals surface area contributed by atoms with Crippen molar-refractivity contribution in [2.24, 2.45) is 5.92 Å². The van der Waals surface area contributed by atoms with Crippen LogP contribution in [0.15, 0.2) is 10.7 Å². The van der Waals surface area contributed by atoms with Gasteiger partial charge in [0.25, 0.3) is 0 Å². The Morgan fingerprint density at radius 3 is 3.00 bits per heavy atom. The molecule has 2 rings (SSSR count). The predicted octanol–water partition coefficient (Wildman–Crippen LogP) is 4.58. The summed E-state index contributed by atoms with van der Waals surface area (Å²) in [7, 11) is 0. The SMILES string of the molecule is CCC1CCCC(c2ncc(Br)c(Cl)n2)C1. The van der Waals surface area contributed by atoms with E-state index in [9.17, 15) is 0 Å². The van der Waals surface area contributed by atoms with Gasteiger partial charge < -0.3 is 0 Å². The third kappa shape index (κ3) is 2.75. The summed E-state index contributed by atoms with van der Waals surface area (Å²) in [6.45, 7) is 2.27. The standard InChI is InChI=1S/C12H16BrClN2/c1-2-8-4-3-5-9(6-8)12-15-7-10(13)11(14)16-12/h7-9H,2-6H2,1H3. The van der Waals surface area contributed by atoms with Gasteiger partial charge in [0.2, 0.25) is 0 Å². The third-order valence-electron chi connectivity index (χ3n) is 3.45. The van der Waals surface area contributed by atoms with Crippen molar-refractivity contribution in [1.82, 2.24) is 9.97 Å². The highest BCUT2D eigenvalue weighted by Gasteiger charge is 2.24. The van der Waals surface area contributed by atoms with Crippen LogP contribution in [0, 0.1) is 5.92 Å². The van der Waals surface area contributed by atoms with Gasteiger partial charge in [0.05, 0.1) is 4.47 Å². The van der Waals surface area contributed by atoms with E-state index in [1.54, 1.807) is 6.20 Å². The lowest BCUT2D eigenvalue weighted by Gasteiger charge is -2.27. The van der Waals surface area contributed by atoms with Gasteiger partial charge in [-0.1, -0.05) is 37.8 Å². The van der Waals surface area contributed by atoms with Crippen LogP contribution in [0.4, 0.5) is 0 Å². The van der Waals surface area contributed by atoms with Crippen LogP contribution in [0.5, 0.6) is 0 Å². The van der Waals surface area contributed by atoms with Crippen molar-refractivity contribution < 1.29 is 0 Å². The molecule has 2 atom stereocenters. The molecule has 1 aliphatic rings. The monoisotopic (exact) mass is 302 g/mol. The topological polar surface area (TPSA) is 25.8 Å². The van der Waals surface area contributed by atoms with Crippen LogP contribution in [0.25, 0.3) is 0 Å². The smallest absolute Gasteiger partial charge is 0.146 e. The molecule has 0 aromatic carbocycles. The predicted molar refractivity (Wildman–Crippen MR) is 69.7 cm³/mol. The minimum atomic E-state index is 0.504. The van der Waals surface area contributed by atoms with Crippen molar-refractivity contribution in [2.45, 2.75) is 44.9 Å². The summed E-state index contributed by atoms with van der Waals surface area (Å²) in [5.74, 6) is 2.26. The zero-order valence-corrected chi connectivity index (χ0v) is 11.8. The molecular formula is C12H16BrClN2. The molecule has 88 valence electrons. The largest absolute Gasteiger partial charge is 0.240 e. The number of halogens is 2. The maximum absolute atomic E-state index is 6.01. The Morgan fingerprint density at radius 2 is 2.31 bits per heavy atom. The van der Waals surface area contributed by atoms with Gasteiger partial charge in [0, 0.05) is 12.1 Å². The van der Waals surface area contributed by atoms with Crippen LogP contribution < -0.4 is 0 Å². The molecule has 4 heteroatoms. The highest BCUT2D eigenvalue weighted by atomic mass is 79.9. The average Bonchev–Trinajstić information content (AvgIpc) is 2.33. The van der Waals surface area contributed by atoms with Crippen molar-refractivity contribution in [2.75, 3.05) is 0 Å². The van der Waals surface area contributed by atoms with E-state index in [-0.39, 0.29) is 0 Å². The van der Waals surface area contributed by atoms with Gasteiger partial charge in [0.15, 0.2) is 0 Å². The van der Waals surface area contributed by atoms with Gasteiger partial charge in [-0.05, 0) is 34.7 Å². The molecule has 1 saturated carbocycles. The second-order valence-electron chi connectivity index (χ2n) is 4.50. The van der Waals surface area contributed by atoms with Gasteiger partial charge in [0.1, 0.15) is 11.0 Å². The fourth-order valence-corrected chi connectivity index (χ4v) is 2.78. The molecule has 1 heterocycles. The van der Waals surface area contributed by atoms with E-state index in [2.05, 4.69) is 32.8 Å². The van der Waals surface area contributed by atoms with Gasteiger partial charge in [-0.25, -0.2) is 9.97 Å². The molecule has 0 radical (unpaired) electrons. The normalized spacial score (nSPS) is 25.7. The Hall–Kier alpha value is -0.150. The van der Waals surface area contributed by atoms with E-state index in [1.807, 2.05) is 0 Å². The molecule has 0 spiro atoms. The molecular weight excluding hydrogens is 288 g/mol. The van der Waals surface area contributed by atoms with E-state index >= 15 is 0 Å². The number of rotatable bonds is 2. The van der Waals surface area contributed by atoms with E-state index in [0.717, 1.165) is 16.2 Å². The molecule has 1 aromatic rings. The first-order valence-corrected chi connectivity index (χ1v) is 7.05. The first kappa shape index (κ1) is 12.3. The van der Waals surface area contributed by atoms with Crippen molar-refractivity contribution >= 4 is 27.5 Å². The van der Waals surface area contributed by atoms with Gasteiger partial charge >= 0.3 is 0 Å². The summed E-state index contributed by atoms with van der Waals surface area (Å²) in [6, 6.07) is 0. The Kier molecular flexibility index (Phi) is 4.20. The Labute approximate surface area is 110 Å². The van der Waals surface area contributed by atoms with Crippen molar-refractivity contribution in [3.63, 3.8) is 0 Å². The first-order chi connectivity index (χ1) is 7.70. The van der Waals surface area contributed by atoms with E-state index in [1.165, 1.54) is 32.1 Å². The molecule has 1 aromatic heterocycles. The van der Waals surface area contributed by atoms with Crippen molar-refractivity contribution in [1.29, 1.82) is 0 Å². The van der Waals surface area contributed by atoms with Gasteiger partial charge in [-0.3, -0.25) is 0 Å². The zero-order valence-electron chi connectivity index (χ0n) is 9.42. The number of nitrogens with zero attached hydrogens (tertiary/aromatic N) is 2. The van der Waals surface area contributed by atoms with E-state index in [0.29, 0.717) is 11.1 Å². The summed E-state index contributed by atoms with van der Waals surface area (Å²) in [4.78, 5) is 8.76. The first-order valence-electron chi connectivity index (χ1n) is 5.88. The summed E-state index contributed by atoms with van der Waals surface area (Å²) < 4.78 is 0.778. The molecule has 16 heavy (non-hydrogen) atoms. The van der Waals surface area contributed by atoms with Crippen molar-refractivity contribution in [3.05, 3.63) is 21.6 Å². The fraction of sp³-hybridized carbons (Fsp3) is 0.667. The van der Waals surface area contributed by atoms with Gasteiger partial charge in [-0.15, -0.1) is 0 Å². The zero-order chi connectivity index (χ0) is 11.5. The molecule has 0 N–H and O–H groups in total. The lowest BCUT2D eigenvalue weighted by Crippen LogP contribution is -2.15. The highest BCUT2D eigenvalue weighted by molar-refractivity contribution is 9.10. The Bertz CT molecular complexity index is 370.